The summed E-state index contributed by atoms with van der Waals surface area (Å²) in [5.41, 5.74) is 0.0834. The lowest BCUT2D eigenvalue weighted by atomic mass is 10.4. The van der Waals surface area contributed by atoms with E-state index in [1.165, 1.54) is 12.3 Å². The SMILES string of the molecule is CCNCCNC(=O)c1cc([N+](=O)[O-])c[nH]1.Cl. The molecule has 17 heavy (non-hydrogen) atoms. The first-order chi connectivity index (χ1) is 7.65. The number of halogens is 1. The normalized spacial score (nSPS) is 9.47. The number of carbonyl (C=O) groups is 1. The molecule has 0 atom stereocenters. The minimum Gasteiger partial charge on any atom is -0.351 e. The number of aromatic amines is 1. The molecule has 0 radical (unpaired) electrons. The third-order valence-corrected chi connectivity index (χ3v) is 1.96. The van der Waals surface area contributed by atoms with Crippen molar-refractivity contribution in [3.8, 4) is 0 Å². The Kier molecular flexibility index (Phi) is 6.92. The Balaban J connectivity index is 0.00000256. The number of amides is 1. The summed E-state index contributed by atoms with van der Waals surface area (Å²) in [5, 5.41) is 16.1. The molecule has 7 nitrogen and oxygen atoms in total. The van der Waals surface area contributed by atoms with Crippen molar-refractivity contribution in [2.24, 2.45) is 0 Å². The molecular weight excluding hydrogens is 248 g/mol. The van der Waals surface area contributed by atoms with Gasteiger partial charge in [-0.15, -0.1) is 12.4 Å². The predicted octanol–water partition coefficient (Wildman–Crippen LogP) is 0.684. The summed E-state index contributed by atoms with van der Waals surface area (Å²) in [6.45, 7) is 3.96. The molecule has 1 rings (SSSR count). The maximum Gasteiger partial charge on any atom is 0.287 e. The summed E-state index contributed by atoms with van der Waals surface area (Å²) >= 11 is 0. The second-order valence-corrected chi connectivity index (χ2v) is 3.14. The number of carbonyl (C=O) groups excluding carboxylic acids is 1. The number of likely N-dealkylation sites (N-methyl/N-ethyl adjacent to an activating group) is 1. The molecule has 1 aromatic heterocycles. The summed E-state index contributed by atoms with van der Waals surface area (Å²) in [6, 6.07) is 1.21. The van der Waals surface area contributed by atoms with Gasteiger partial charge in [-0.3, -0.25) is 14.9 Å². The van der Waals surface area contributed by atoms with Gasteiger partial charge in [0.05, 0.1) is 11.1 Å². The zero-order chi connectivity index (χ0) is 12.0. The molecule has 8 heteroatoms. The molecule has 0 spiro atoms. The molecule has 0 aliphatic rings. The van der Waals surface area contributed by atoms with Gasteiger partial charge in [-0.1, -0.05) is 6.92 Å². The lowest BCUT2D eigenvalue weighted by Gasteiger charge is -2.03. The maximum atomic E-state index is 11.5. The van der Waals surface area contributed by atoms with Crippen molar-refractivity contribution in [1.82, 2.24) is 15.6 Å². The fraction of sp³-hybridized carbons (Fsp3) is 0.444. The molecule has 0 saturated carbocycles. The van der Waals surface area contributed by atoms with Crippen molar-refractivity contribution in [3.63, 3.8) is 0 Å². The zero-order valence-electron chi connectivity index (χ0n) is 9.36. The number of nitrogens with one attached hydrogen (secondary N) is 3. The van der Waals surface area contributed by atoms with Crippen LogP contribution in [0.3, 0.4) is 0 Å². The molecule has 0 fully saturated rings. The maximum absolute atomic E-state index is 11.5. The molecule has 0 aliphatic carbocycles. The second-order valence-electron chi connectivity index (χ2n) is 3.14. The molecule has 0 aromatic carbocycles. The van der Waals surface area contributed by atoms with Crippen LogP contribution in [-0.4, -0.2) is 35.4 Å². The highest BCUT2D eigenvalue weighted by molar-refractivity contribution is 5.93. The van der Waals surface area contributed by atoms with Gasteiger partial charge in [-0.2, -0.15) is 0 Å². The van der Waals surface area contributed by atoms with Crippen LogP contribution < -0.4 is 10.6 Å². The van der Waals surface area contributed by atoms with Crippen molar-refractivity contribution in [2.45, 2.75) is 6.92 Å². The Labute approximate surface area is 105 Å². The van der Waals surface area contributed by atoms with E-state index in [0.29, 0.717) is 13.1 Å². The topological polar surface area (TPSA) is 100 Å². The van der Waals surface area contributed by atoms with E-state index in [4.69, 9.17) is 0 Å². The monoisotopic (exact) mass is 262 g/mol. The van der Waals surface area contributed by atoms with Crippen LogP contribution in [0.1, 0.15) is 17.4 Å². The van der Waals surface area contributed by atoms with Crippen LogP contribution in [0.25, 0.3) is 0 Å². The van der Waals surface area contributed by atoms with E-state index in [-0.39, 0.29) is 29.7 Å². The molecule has 1 aromatic rings. The van der Waals surface area contributed by atoms with Crippen LogP contribution in [0.15, 0.2) is 12.3 Å². The van der Waals surface area contributed by atoms with Gasteiger partial charge in [0.2, 0.25) is 0 Å². The lowest BCUT2D eigenvalue weighted by Crippen LogP contribution is -2.31. The average Bonchev–Trinajstić information content (AvgIpc) is 2.73. The molecular formula is C9H15ClN4O3. The van der Waals surface area contributed by atoms with Crippen molar-refractivity contribution in [3.05, 3.63) is 28.1 Å². The first-order valence-corrected chi connectivity index (χ1v) is 4.97. The highest BCUT2D eigenvalue weighted by atomic mass is 35.5. The lowest BCUT2D eigenvalue weighted by molar-refractivity contribution is -0.384. The highest BCUT2D eigenvalue weighted by Crippen LogP contribution is 2.11. The third kappa shape index (κ3) is 4.83. The van der Waals surface area contributed by atoms with Crippen LogP contribution in [-0.2, 0) is 0 Å². The summed E-state index contributed by atoms with van der Waals surface area (Å²) in [4.78, 5) is 23.8. The van der Waals surface area contributed by atoms with Crippen LogP contribution in [0, 0.1) is 10.1 Å². The number of rotatable bonds is 6. The second kappa shape index (κ2) is 7.64. The number of nitro groups is 1. The van der Waals surface area contributed by atoms with Crippen molar-refractivity contribution < 1.29 is 9.72 Å². The zero-order valence-corrected chi connectivity index (χ0v) is 10.2. The number of hydrogen-bond donors (Lipinski definition) is 3. The molecule has 96 valence electrons. The molecule has 1 amide bonds. The van der Waals surface area contributed by atoms with Crippen molar-refractivity contribution >= 4 is 24.0 Å². The molecule has 3 N–H and O–H groups in total. The van der Waals surface area contributed by atoms with Gasteiger partial charge in [-0.05, 0) is 6.54 Å². The number of hydrogen-bond acceptors (Lipinski definition) is 4. The Morgan fingerprint density at radius 3 is 2.76 bits per heavy atom. The Hall–Kier alpha value is -1.60. The molecule has 0 unspecified atom stereocenters. The molecule has 0 aliphatic heterocycles. The van der Waals surface area contributed by atoms with E-state index < -0.39 is 4.92 Å². The van der Waals surface area contributed by atoms with Gasteiger partial charge in [0, 0.05) is 19.2 Å². The quantitative estimate of drug-likeness (QED) is 0.399. The number of aromatic nitrogens is 1. The van der Waals surface area contributed by atoms with Gasteiger partial charge >= 0.3 is 0 Å². The minimum atomic E-state index is -0.550. The molecule has 0 bridgehead atoms. The van der Waals surface area contributed by atoms with E-state index in [1.807, 2.05) is 6.92 Å². The van der Waals surface area contributed by atoms with E-state index in [2.05, 4.69) is 15.6 Å². The fourth-order valence-corrected chi connectivity index (χ4v) is 1.16. The predicted molar refractivity (Wildman–Crippen MR) is 65.6 cm³/mol. The average molecular weight is 263 g/mol. The highest BCUT2D eigenvalue weighted by Gasteiger charge is 2.13. The third-order valence-electron chi connectivity index (χ3n) is 1.96. The van der Waals surface area contributed by atoms with Gasteiger partial charge in [0.1, 0.15) is 5.69 Å². The standard InChI is InChI=1S/C9H14N4O3.ClH/c1-2-10-3-4-11-9(14)8-5-7(6-12-8)13(15)16;/h5-6,10,12H,2-4H2,1H3,(H,11,14);1H. The summed E-state index contributed by atoms with van der Waals surface area (Å²) in [6.07, 6.45) is 1.19. The largest absolute Gasteiger partial charge is 0.351 e. The molecule has 1 heterocycles. The molecule has 0 saturated heterocycles. The number of nitrogens with zero attached hydrogens (tertiary/aromatic N) is 1. The summed E-state index contributed by atoms with van der Waals surface area (Å²) < 4.78 is 0. The van der Waals surface area contributed by atoms with Crippen LogP contribution in [0.5, 0.6) is 0 Å². The van der Waals surface area contributed by atoms with Crippen molar-refractivity contribution in [2.75, 3.05) is 19.6 Å². The van der Waals surface area contributed by atoms with E-state index in [1.54, 1.807) is 0 Å². The van der Waals surface area contributed by atoms with Crippen LogP contribution >= 0.6 is 12.4 Å². The van der Waals surface area contributed by atoms with Crippen molar-refractivity contribution in [1.29, 1.82) is 0 Å². The Morgan fingerprint density at radius 2 is 2.24 bits per heavy atom. The Bertz CT molecular complexity index is 380. The van der Waals surface area contributed by atoms with Crippen LogP contribution in [0.4, 0.5) is 5.69 Å². The first-order valence-electron chi connectivity index (χ1n) is 4.97. The summed E-state index contributed by atoms with van der Waals surface area (Å²) in [5.74, 6) is -0.342. The van der Waals surface area contributed by atoms with Gasteiger partial charge in [0.25, 0.3) is 11.6 Å². The van der Waals surface area contributed by atoms with Crippen LogP contribution in [0.2, 0.25) is 0 Å². The summed E-state index contributed by atoms with van der Waals surface area (Å²) in [7, 11) is 0. The minimum absolute atomic E-state index is 0. The Morgan fingerprint density at radius 1 is 1.53 bits per heavy atom. The van der Waals surface area contributed by atoms with E-state index in [9.17, 15) is 14.9 Å². The fourth-order valence-electron chi connectivity index (χ4n) is 1.16. The van der Waals surface area contributed by atoms with E-state index >= 15 is 0 Å². The van der Waals surface area contributed by atoms with Gasteiger partial charge in [-0.25, -0.2) is 0 Å². The van der Waals surface area contributed by atoms with E-state index in [0.717, 1.165) is 6.54 Å². The smallest absolute Gasteiger partial charge is 0.287 e. The van der Waals surface area contributed by atoms with Gasteiger partial charge in [0.15, 0.2) is 0 Å². The number of H-pyrrole nitrogens is 1. The van der Waals surface area contributed by atoms with Gasteiger partial charge < -0.3 is 15.6 Å². The first kappa shape index (κ1) is 15.4.